The maximum Gasteiger partial charge on any atom is 0.259 e. The van der Waals surface area contributed by atoms with Crippen molar-refractivity contribution in [3.8, 4) is 16.9 Å². The predicted octanol–water partition coefficient (Wildman–Crippen LogP) is 5.34. The van der Waals surface area contributed by atoms with Gasteiger partial charge in [0.15, 0.2) is 0 Å². The maximum absolute atomic E-state index is 13.2. The number of rotatable bonds is 6. The van der Waals surface area contributed by atoms with Crippen LogP contribution >= 0.6 is 11.6 Å². The highest BCUT2D eigenvalue weighted by Gasteiger charge is 2.24. The van der Waals surface area contributed by atoms with Crippen molar-refractivity contribution in [1.82, 2.24) is 15.1 Å². The Morgan fingerprint density at radius 2 is 1.58 bits per heavy atom. The molecule has 0 spiro atoms. The van der Waals surface area contributed by atoms with E-state index in [1.807, 2.05) is 42.5 Å². The Hall–Kier alpha value is -3.90. The van der Waals surface area contributed by atoms with Crippen LogP contribution in [0.4, 0.5) is 5.69 Å². The molecular formula is C26H21ClN4O2. The second kappa shape index (κ2) is 8.92. The summed E-state index contributed by atoms with van der Waals surface area (Å²) in [5, 5.41) is 11.2. The van der Waals surface area contributed by atoms with Crippen LogP contribution in [0.2, 0.25) is 5.02 Å². The molecule has 7 heteroatoms. The minimum absolute atomic E-state index is 0.0930. The van der Waals surface area contributed by atoms with Crippen LogP contribution in [0.15, 0.2) is 85.1 Å². The Morgan fingerprint density at radius 1 is 0.879 bits per heavy atom. The van der Waals surface area contributed by atoms with E-state index in [1.165, 1.54) is 0 Å². The molecule has 0 atom stereocenters. The van der Waals surface area contributed by atoms with Gasteiger partial charge in [-0.1, -0.05) is 41.9 Å². The molecule has 0 unspecified atom stereocenters. The summed E-state index contributed by atoms with van der Waals surface area (Å²) in [4.78, 5) is 25.4. The molecule has 2 N–H and O–H groups in total. The number of benzene rings is 3. The molecule has 0 saturated heterocycles. The standard InChI is InChI=1S/C26H21ClN4O2/c27-19-10-6-17(7-11-19)24-23(16-31(30-24)22-4-2-1-3-5-22)26(33)29-20-12-8-18(9-13-20)25(32)28-21-14-15-21/h1-13,16,21H,14-15H2,(H,28,32)(H,29,33). The smallest absolute Gasteiger partial charge is 0.259 e. The van der Waals surface area contributed by atoms with E-state index in [9.17, 15) is 9.59 Å². The van der Waals surface area contributed by atoms with Crippen LogP contribution in [-0.2, 0) is 0 Å². The van der Waals surface area contributed by atoms with Gasteiger partial charge in [0.2, 0.25) is 0 Å². The van der Waals surface area contributed by atoms with E-state index >= 15 is 0 Å². The molecule has 3 aromatic carbocycles. The van der Waals surface area contributed by atoms with Crippen LogP contribution in [0, 0.1) is 0 Å². The van der Waals surface area contributed by atoms with Crippen LogP contribution in [0.3, 0.4) is 0 Å². The third-order valence-electron chi connectivity index (χ3n) is 5.41. The van der Waals surface area contributed by atoms with Gasteiger partial charge in [-0.05, 0) is 61.4 Å². The first kappa shape index (κ1) is 21.0. The molecule has 5 rings (SSSR count). The predicted molar refractivity (Wildman–Crippen MR) is 129 cm³/mol. The van der Waals surface area contributed by atoms with Gasteiger partial charge in [0, 0.05) is 34.1 Å². The number of hydrogen-bond donors (Lipinski definition) is 2. The fraction of sp³-hybridized carbons (Fsp3) is 0.115. The Morgan fingerprint density at radius 3 is 2.24 bits per heavy atom. The summed E-state index contributed by atoms with van der Waals surface area (Å²) >= 11 is 6.04. The molecule has 4 aromatic rings. The fourth-order valence-electron chi connectivity index (χ4n) is 3.47. The third kappa shape index (κ3) is 4.81. The summed E-state index contributed by atoms with van der Waals surface area (Å²) in [6.45, 7) is 0. The Bertz CT molecular complexity index is 1290. The minimum Gasteiger partial charge on any atom is -0.349 e. The maximum atomic E-state index is 13.2. The molecule has 1 fully saturated rings. The molecule has 0 bridgehead atoms. The summed E-state index contributed by atoms with van der Waals surface area (Å²) in [7, 11) is 0. The molecule has 6 nitrogen and oxygen atoms in total. The van der Waals surface area contributed by atoms with E-state index in [-0.39, 0.29) is 11.8 Å². The minimum atomic E-state index is -0.294. The lowest BCUT2D eigenvalue weighted by molar-refractivity contribution is 0.0950. The van der Waals surface area contributed by atoms with Crippen LogP contribution < -0.4 is 10.6 Å². The zero-order chi connectivity index (χ0) is 22.8. The zero-order valence-electron chi connectivity index (χ0n) is 17.7. The number of para-hydroxylation sites is 1. The molecule has 1 aliphatic rings. The zero-order valence-corrected chi connectivity index (χ0v) is 18.4. The van der Waals surface area contributed by atoms with Crippen molar-refractivity contribution in [1.29, 1.82) is 0 Å². The average molecular weight is 457 g/mol. The number of amides is 2. The van der Waals surface area contributed by atoms with Crippen LogP contribution in [0.25, 0.3) is 16.9 Å². The number of nitrogens with zero attached hydrogens (tertiary/aromatic N) is 2. The molecule has 1 heterocycles. The molecule has 2 amide bonds. The van der Waals surface area contributed by atoms with E-state index in [2.05, 4.69) is 15.7 Å². The molecule has 164 valence electrons. The van der Waals surface area contributed by atoms with Gasteiger partial charge in [0.05, 0.1) is 11.3 Å². The quantitative estimate of drug-likeness (QED) is 0.411. The van der Waals surface area contributed by atoms with Gasteiger partial charge in [0.1, 0.15) is 5.69 Å². The first-order chi connectivity index (χ1) is 16.1. The lowest BCUT2D eigenvalue weighted by atomic mass is 10.1. The van der Waals surface area contributed by atoms with Gasteiger partial charge in [0.25, 0.3) is 11.8 Å². The van der Waals surface area contributed by atoms with E-state index in [4.69, 9.17) is 11.6 Å². The van der Waals surface area contributed by atoms with Crippen molar-refractivity contribution in [3.05, 3.63) is 101 Å². The number of carbonyl (C=O) groups excluding carboxylic acids is 2. The molecule has 0 radical (unpaired) electrons. The largest absolute Gasteiger partial charge is 0.349 e. The van der Waals surface area contributed by atoms with Gasteiger partial charge in [-0.25, -0.2) is 4.68 Å². The highest BCUT2D eigenvalue weighted by atomic mass is 35.5. The van der Waals surface area contributed by atoms with Gasteiger partial charge in [-0.15, -0.1) is 0 Å². The number of nitrogens with one attached hydrogen (secondary N) is 2. The summed E-state index contributed by atoms with van der Waals surface area (Å²) in [6.07, 6.45) is 3.78. The highest BCUT2D eigenvalue weighted by Crippen LogP contribution is 2.26. The fourth-order valence-corrected chi connectivity index (χ4v) is 3.60. The first-order valence-electron chi connectivity index (χ1n) is 10.7. The van der Waals surface area contributed by atoms with E-state index in [1.54, 1.807) is 47.3 Å². The molecule has 33 heavy (non-hydrogen) atoms. The Labute approximate surface area is 196 Å². The van der Waals surface area contributed by atoms with Crippen molar-refractivity contribution in [3.63, 3.8) is 0 Å². The van der Waals surface area contributed by atoms with Gasteiger partial charge in [-0.2, -0.15) is 5.10 Å². The first-order valence-corrected chi connectivity index (χ1v) is 11.1. The van der Waals surface area contributed by atoms with Crippen LogP contribution in [0.5, 0.6) is 0 Å². The monoisotopic (exact) mass is 456 g/mol. The summed E-state index contributed by atoms with van der Waals surface area (Å²) in [5.41, 5.74) is 3.77. The van der Waals surface area contributed by atoms with Gasteiger partial charge < -0.3 is 10.6 Å². The highest BCUT2D eigenvalue weighted by molar-refractivity contribution is 6.30. The van der Waals surface area contributed by atoms with E-state index in [0.29, 0.717) is 33.6 Å². The topological polar surface area (TPSA) is 76.0 Å². The average Bonchev–Trinajstić information content (AvgIpc) is 3.54. The molecular weight excluding hydrogens is 436 g/mol. The molecule has 1 aromatic heterocycles. The van der Waals surface area contributed by atoms with Crippen LogP contribution in [-0.4, -0.2) is 27.6 Å². The van der Waals surface area contributed by atoms with Crippen LogP contribution in [0.1, 0.15) is 33.6 Å². The second-order valence-electron chi connectivity index (χ2n) is 7.96. The summed E-state index contributed by atoms with van der Waals surface area (Å²) in [6, 6.07) is 24.0. The summed E-state index contributed by atoms with van der Waals surface area (Å²) in [5.74, 6) is -0.387. The Kier molecular flexibility index (Phi) is 5.67. The second-order valence-corrected chi connectivity index (χ2v) is 8.39. The SMILES string of the molecule is O=C(NC1CC1)c1ccc(NC(=O)c2cn(-c3ccccc3)nc2-c2ccc(Cl)cc2)cc1. The lowest BCUT2D eigenvalue weighted by Crippen LogP contribution is -2.25. The van der Waals surface area contributed by atoms with Gasteiger partial charge in [-0.3, -0.25) is 9.59 Å². The van der Waals surface area contributed by atoms with Crippen molar-refractivity contribution < 1.29 is 9.59 Å². The van der Waals surface area contributed by atoms with Crippen molar-refractivity contribution in [2.75, 3.05) is 5.32 Å². The van der Waals surface area contributed by atoms with Crippen molar-refractivity contribution in [2.24, 2.45) is 0 Å². The number of anilines is 1. The van der Waals surface area contributed by atoms with E-state index in [0.717, 1.165) is 24.1 Å². The lowest BCUT2D eigenvalue weighted by Gasteiger charge is -2.07. The third-order valence-corrected chi connectivity index (χ3v) is 5.67. The van der Waals surface area contributed by atoms with Gasteiger partial charge >= 0.3 is 0 Å². The number of aromatic nitrogens is 2. The normalized spacial score (nSPS) is 12.9. The molecule has 1 aliphatic carbocycles. The number of carbonyl (C=O) groups is 2. The van der Waals surface area contributed by atoms with Crippen molar-refractivity contribution >= 4 is 29.1 Å². The van der Waals surface area contributed by atoms with Crippen molar-refractivity contribution in [2.45, 2.75) is 18.9 Å². The number of hydrogen-bond acceptors (Lipinski definition) is 3. The molecule has 0 aliphatic heterocycles. The van der Waals surface area contributed by atoms with E-state index < -0.39 is 0 Å². The number of halogens is 1. The molecule has 1 saturated carbocycles. The Balaban J connectivity index is 1.42. The summed E-state index contributed by atoms with van der Waals surface area (Å²) < 4.78 is 1.68.